The minimum Gasteiger partial charge on any atom is -0.506 e. The first-order chi connectivity index (χ1) is 9.06. The van der Waals surface area contributed by atoms with E-state index in [4.69, 9.17) is 0 Å². The second kappa shape index (κ2) is 8.31. The normalized spacial score (nSPS) is 17.6. The Morgan fingerprint density at radius 1 is 1.20 bits per heavy atom. The number of piperazine rings is 1. The molecule has 1 aromatic carbocycles. The molecular weight excluding hydrogens is 479 g/mol. The van der Waals surface area contributed by atoms with E-state index in [0.717, 1.165) is 36.2 Å². The number of rotatable bonds is 3. The van der Waals surface area contributed by atoms with Crippen LogP contribution in [0.1, 0.15) is 11.6 Å². The topological polar surface area (TPSA) is 55.7 Å². The lowest BCUT2D eigenvalue weighted by atomic mass is 10.0. The zero-order chi connectivity index (χ0) is 14.0. The Hall–Kier alpha value is 0.630. The fourth-order valence-corrected chi connectivity index (χ4v) is 4.93. The average Bonchev–Trinajstić information content (AvgIpc) is 2.42. The van der Waals surface area contributed by atoms with Crippen molar-refractivity contribution in [3.8, 4) is 5.75 Å². The highest BCUT2D eigenvalue weighted by atomic mass is 79.9. The summed E-state index contributed by atoms with van der Waals surface area (Å²) in [5, 5.41) is 23.1. The van der Waals surface area contributed by atoms with Gasteiger partial charge >= 0.3 is 0 Å². The third-order valence-corrected chi connectivity index (χ3v) is 5.34. The van der Waals surface area contributed by atoms with E-state index in [-0.39, 0.29) is 30.8 Å². The Morgan fingerprint density at radius 3 is 2.35 bits per heavy atom. The molecule has 1 atom stereocenters. The first kappa shape index (κ1) is 18.7. The van der Waals surface area contributed by atoms with E-state index in [9.17, 15) is 10.2 Å². The molecule has 1 heterocycles. The first-order valence-corrected chi connectivity index (χ1v) is 8.36. The molecule has 1 aliphatic rings. The van der Waals surface area contributed by atoms with Crippen molar-refractivity contribution in [1.29, 1.82) is 0 Å². The van der Waals surface area contributed by atoms with E-state index in [2.05, 4.69) is 58.0 Å². The summed E-state index contributed by atoms with van der Waals surface area (Å²) in [5.74, 6) is 0.159. The van der Waals surface area contributed by atoms with Crippen LogP contribution in [-0.2, 0) is 0 Å². The van der Waals surface area contributed by atoms with Gasteiger partial charge in [-0.05, 0) is 37.9 Å². The number of nitrogens with one attached hydrogen (secondary N) is 1. The molecule has 1 aromatic rings. The Morgan fingerprint density at radius 2 is 1.80 bits per heavy atom. The van der Waals surface area contributed by atoms with Crippen molar-refractivity contribution >= 4 is 60.2 Å². The van der Waals surface area contributed by atoms with Gasteiger partial charge < -0.3 is 15.5 Å². The fraction of sp³-hybridized carbons (Fsp3) is 0.500. The molecule has 8 heteroatoms. The third kappa shape index (κ3) is 3.88. The van der Waals surface area contributed by atoms with Gasteiger partial charge in [-0.25, -0.2) is 0 Å². The molecule has 1 aliphatic heterocycles. The number of hydrogen-bond acceptors (Lipinski definition) is 4. The summed E-state index contributed by atoms with van der Waals surface area (Å²) in [7, 11) is 0. The van der Waals surface area contributed by atoms with Crippen LogP contribution in [0.3, 0.4) is 0 Å². The van der Waals surface area contributed by atoms with Crippen LogP contribution in [0.5, 0.6) is 5.75 Å². The van der Waals surface area contributed by atoms with E-state index in [1.165, 1.54) is 0 Å². The zero-order valence-corrected chi connectivity index (χ0v) is 16.1. The van der Waals surface area contributed by atoms with Crippen molar-refractivity contribution in [2.24, 2.45) is 0 Å². The van der Waals surface area contributed by atoms with Gasteiger partial charge in [-0.2, -0.15) is 0 Å². The van der Waals surface area contributed by atoms with Crippen molar-refractivity contribution in [2.75, 3.05) is 32.8 Å². The third-order valence-electron chi connectivity index (χ3n) is 3.28. The summed E-state index contributed by atoms with van der Waals surface area (Å²) in [6, 6.07) is 1.67. The van der Waals surface area contributed by atoms with Crippen LogP contribution in [0, 0.1) is 0 Å². The van der Waals surface area contributed by atoms with E-state index < -0.39 is 0 Å². The highest BCUT2D eigenvalue weighted by Crippen LogP contribution is 2.43. The van der Waals surface area contributed by atoms with Gasteiger partial charge in [0.05, 0.1) is 21.6 Å². The maximum atomic E-state index is 10.0. The van der Waals surface area contributed by atoms with Crippen LogP contribution >= 0.6 is 60.2 Å². The standard InChI is InChI=1S/C12H15Br3N2O2.ClH/c13-7-5-8(14)12(19)11(15)10(7)9(6-18)17-3-1-16-2-4-17;/h5,9,16,18-19H,1-4,6H2;1H/t9-;/m0./s1. The van der Waals surface area contributed by atoms with Crippen molar-refractivity contribution in [3.05, 3.63) is 25.0 Å². The Balaban J connectivity index is 0.00000200. The maximum absolute atomic E-state index is 10.0. The summed E-state index contributed by atoms with van der Waals surface area (Å²) >= 11 is 10.2. The molecule has 1 fully saturated rings. The molecule has 0 aliphatic carbocycles. The highest BCUT2D eigenvalue weighted by Gasteiger charge is 2.27. The predicted molar refractivity (Wildman–Crippen MR) is 92.7 cm³/mol. The Bertz CT molecular complexity index is 471. The van der Waals surface area contributed by atoms with Gasteiger partial charge in [-0.3, -0.25) is 4.90 Å². The minimum absolute atomic E-state index is 0. The highest BCUT2D eigenvalue weighted by molar-refractivity contribution is 9.11. The molecule has 0 spiro atoms. The summed E-state index contributed by atoms with van der Waals surface area (Å²) in [6.45, 7) is 3.59. The number of hydrogen-bond donors (Lipinski definition) is 3. The summed E-state index contributed by atoms with van der Waals surface area (Å²) in [5.41, 5.74) is 0.880. The second-order valence-corrected chi connectivity index (χ2v) is 6.90. The van der Waals surface area contributed by atoms with Gasteiger partial charge in [0, 0.05) is 36.2 Å². The summed E-state index contributed by atoms with van der Waals surface area (Å²) in [6.07, 6.45) is 0. The van der Waals surface area contributed by atoms with E-state index in [1.807, 2.05) is 0 Å². The van der Waals surface area contributed by atoms with Crippen molar-refractivity contribution in [3.63, 3.8) is 0 Å². The van der Waals surface area contributed by atoms with Gasteiger partial charge in [0.2, 0.25) is 0 Å². The monoisotopic (exact) mass is 492 g/mol. The van der Waals surface area contributed by atoms with Gasteiger partial charge in [0.15, 0.2) is 0 Å². The smallest absolute Gasteiger partial charge is 0.144 e. The molecule has 114 valence electrons. The number of phenols is 1. The predicted octanol–water partition coefficient (Wildman–Crippen LogP) is 3.04. The van der Waals surface area contributed by atoms with Crippen LogP contribution in [-0.4, -0.2) is 47.9 Å². The number of aromatic hydroxyl groups is 1. The first-order valence-electron chi connectivity index (χ1n) is 5.98. The van der Waals surface area contributed by atoms with E-state index >= 15 is 0 Å². The fourth-order valence-electron chi connectivity index (χ4n) is 2.28. The average molecular weight is 495 g/mol. The van der Waals surface area contributed by atoms with Crippen LogP contribution < -0.4 is 5.32 Å². The Kier molecular flexibility index (Phi) is 7.76. The molecule has 0 bridgehead atoms. The molecule has 3 N–H and O–H groups in total. The number of aliphatic hydroxyl groups is 1. The zero-order valence-electron chi connectivity index (χ0n) is 10.6. The molecule has 0 saturated carbocycles. The van der Waals surface area contributed by atoms with Crippen LogP contribution in [0.25, 0.3) is 0 Å². The molecular formula is C12H16Br3ClN2O2. The molecule has 2 rings (SSSR count). The largest absolute Gasteiger partial charge is 0.506 e. The molecule has 0 unspecified atom stereocenters. The maximum Gasteiger partial charge on any atom is 0.144 e. The van der Waals surface area contributed by atoms with Crippen molar-refractivity contribution in [1.82, 2.24) is 10.2 Å². The van der Waals surface area contributed by atoms with Crippen LogP contribution in [0.15, 0.2) is 19.5 Å². The van der Waals surface area contributed by atoms with Crippen molar-refractivity contribution in [2.45, 2.75) is 6.04 Å². The minimum atomic E-state index is -0.134. The molecule has 4 nitrogen and oxygen atoms in total. The second-order valence-electron chi connectivity index (χ2n) is 4.40. The summed E-state index contributed by atoms with van der Waals surface area (Å²) < 4.78 is 2.10. The lowest BCUT2D eigenvalue weighted by Crippen LogP contribution is -2.46. The van der Waals surface area contributed by atoms with Crippen LogP contribution in [0.4, 0.5) is 0 Å². The number of benzene rings is 1. The van der Waals surface area contributed by atoms with Gasteiger partial charge in [-0.15, -0.1) is 12.4 Å². The molecule has 0 aromatic heterocycles. The van der Waals surface area contributed by atoms with Gasteiger partial charge in [0.25, 0.3) is 0 Å². The molecule has 0 radical (unpaired) electrons. The number of halogens is 4. The Labute approximate surface area is 149 Å². The molecule has 20 heavy (non-hydrogen) atoms. The molecule has 0 amide bonds. The van der Waals surface area contributed by atoms with Crippen molar-refractivity contribution < 1.29 is 10.2 Å². The molecule has 1 saturated heterocycles. The van der Waals surface area contributed by atoms with Gasteiger partial charge in [0.1, 0.15) is 5.75 Å². The lowest BCUT2D eigenvalue weighted by Gasteiger charge is -2.35. The quantitative estimate of drug-likeness (QED) is 0.604. The summed E-state index contributed by atoms with van der Waals surface area (Å²) in [4.78, 5) is 2.22. The lowest BCUT2D eigenvalue weighted by molar-refractivity contribution is 0.110. The van der Waals surface area contributed by atoms with Crippen LogP contribution in [0.2, 0.25) is 0 Å². The SMILES string of the molecule is Cl.OC[C@@H](c1c(Br)cc(Br)c(O)c1Br)N1CCNCC1. The van der Waals surface area contributed by atoms with Gasteiger partial charge in [-0.1, -0.05) is 15.9 Å². The van der Waals surface area contributed by atoms with E-state index in [0.29, 0.717) is 8.95 Å². The number of aliphatic hydroxyl groups excluding tert-OH is 1. The van der Waals surface area contributed by atoms with E-state index in [1.54, 1.807) is 6.07 Å². The number of phenolic OH excluding ortho intramolecular Hbond substituents is 1. The number of nitrogens with zero attached hydrogens (tertiary/aromatic N) is 1.